The zero-order valence-electron chi connectivity index (χ0n) is 23.5. The Morgan fingerprint density at radius 1 is 1.02 bits per heavy atom. The molecule has 1 aromatic heterocycles. The van der Waals surface area contributed by atoms with Crippen molar-refractivity contribution < 1.29 is 19.1 Å². The Morgan fingerprint density at radius 3 is 2.45 bits per heavy atom. The number of aryl methyl sites for hydroxylation is 1. The number of methoxy groups -OCH3 is 1. The molecule has 5 rings (SSSR count). The summed E-state index contributed by atoms with van der Waals surface area (Å²) < 4.78 is 13.6. The van der Waals surface area contributed by atoms with Crippen LogP contribution in [0.15, 0.2) is 66.4 Å². The van der Waals surface area contributed by atoms with Crippen molar-refractivity contribution in [1.29, 1.82) is 0 Å². The summed E-state index contributed by atoms with van der Waals surface area (Å²) in [5.74, 6) is 1.22. The first-order valence-electron chi connectivity index (χ1n) is 13.3. The number of carbonyl (C=O) groups excluding carboxylic acids is 2. The van der Waals surface area contributed by atoms with Gasteiger partial charge in [-0.25, -0.2) is 4.79 Å². The van der Waals surface area contributed by atoms with Gasteiger partial charge in [0, 0.05) is 46.6 Å². The molecular weight excluding hydrogens is 504 g/mol. The summed E-state index contributed by atoms with van der Waals surface area (Å²) in [6, 6.07) is 18.4. The first-order chi connectivity index (χ1) is 19.3. The van der Waals surface area contributed by atoms with Crippen LogP contribution in [0.2, 0.25) is 0 Å². The monoisotopic (exact) mass is 538 g/mol. The molecule has 0 saturated carbocycles. The predicted molar refractivity (Wildman–Crippen MR) is 160 cm³/mol. The topological polar surface area (TPSA) is 84.8 Å². The molecule has 1 aliphatic heterocycles. The third-order valence-electron chi connectivity index (χ3n) is 7.16. The quantitative estimate of drug-likeness (QED) is 0.256. The van der Waals surface area contributed by atoms with Crippen molar-refractivity contribution in [3.8, 4) is 11.5 Å². The molecule has 0 aliphatic carbocycles. The Kier molecular flexibility index (Phi) is 7.62. The highest BCUT2D eigenvalue weighted by Gasteiger charge is 2.29. The second-order valence-electron chi connectivity index (χ2n) is 10.1. The first kappa shape index (κ1) is 27.0. The molecular formula is C32H34N4O4. The van der Waals surface area contributed by atoms with Crippen LogP contribution in [0.5, 0.6) is 11.5 Å². The van der Waals surface area contributed by atoms with E-state index in [1.807, 2.05) is 63.5 Å². The van der Waals surface area contributed by atoms with Crippen LogP contribution in [-0.2, 0) is 13.0 Å². The highest BCUT2D eigenvalue weighted by atomic mass is 16.5. The molecule has 2 amide bonds. The molecule has 1 aliphatic rings. The zero-order chi connectivity index (χ0) is 28.4. The van der Waals surface area contributed by atoms with E-state index in [9.17, 15) is 9.59 Å². The number of amides is 2. The Hall–Kier alpha value is -4.56. The van der Waals surface area contributed by atoms with Gasteiger partial charge in [0.1, 0.15) is 11.5 Å². The number of aromatic nitrogens is 1. The number of urea groups is 1. The van der Waals surface area contributed by atoms with Gasteiger partial charge < -0.3 is 29.6 Å². The standard InChI is InChI=1S/C32H34N4O4/c1-6-36-20(2)25(26-18-24(39-5)12-13-28(26)36)19-30-31(37)27-17-23(11-14-29(27)40-30)34-32(38)33-22-9-7-21(8-10-22)15-16-35(3)4/h7-14,17-19H,6,15-16H2,1-5H3,(H2,33,34,38). The number of fused-ring (bicyclic) bond motifs is 2. The van der Waals surface area contributed by atoms with Crippen molar-refractivity contribution in [3.05, 3.63) is 88.8 Å². The van der Waals surface area contributed by atoms with Gasteiger partial charge in [-0.15, -0.1) is 0 Å². The van der Waals surface area contributed by atoms with Crippen LogP contribution in [0.3, 0.4) is 0 Å². The summed E-state index contributed by atoms with van der Waals surface area (Å²) in [6.45, 7) is 5.88. The Labute approximate surface area is 234 Å². The van der Waals surface area contributed by atoms with Crippen LogP contribution in [0.1, 0.15) is 34.1 Å². The molecule has 4 aromatic rings. The Morgan fingerprint density at radius 2 is 1.75 bits per heavy atom. The number of hydrogen-bond donors (Lipinski definition) is 2. The maximum atomic E-state index is 13.3. The molecule has 0 radical (unpaired) electrons. The largest absolute Gasteiger partial charge is 0.497 e. The number of hydrogen-bond acceptors (Lipinski definition) is 5. The minimum atomic E-state index is -0.389. The number of nitrogens with zero attached hydrogens (tertiary/aromatic N) is 2. The van der Waals surface area contributed by atoms with Gasteiger partial charge >= 0.3 is 6.03 Å². The second kappa shape index (κ2) is 11.3. The molecule has 8 heteroatoms. The number of Topliss-reactive ketones (excluding diaryl/α,β-unsaturated/α-hetero) is 1. The maximum Gasteiger partial charge on any atom is 0.323 e. The van der Waals surface area contributed by atoms with Crippen molar-refractivity contribution >= 4 is 40.2 Å². The van der Waals surface area contributed by atoms with Crippen LogP contribution in [0.4, 0.5) is 16.2 Å². The smallest absolute Gasteiger partial charge is 0.323 e. The fraction of sp³-hybridized carbons (Fsp3) is 0.250. The number of anilines is 2. The lowest BCUT2D eigenvalue weighted by atomic mass is 10.1. The third-order valence-corrected chi connectivity index (χ3v) is 7.16. The number of ether oxygens (including phenoxy) is 2. The third kappa shape index (κ3) is 5.44. The fourth-order valence-corrected chi connectivity index (χ4v) is 5.00. The average Bonchev–Trinajstić information content (AvgIpc) is 3.40. The number of nitrogens with one attached hydrogen (secondary N) is 2. The van der Waals surface area contributed by atoms with Gasteiger partial charge in [-0.1, -0.05) is 12.1 Å². The van der Waals surface area contributed by atoms with Crippen molar-refractivity contribution in [2.24, 2.45) is 0 Å². The lowest BCUT2D eigenvalue weighted by Crippen LogP contribution is -2.19. The zero-order valence-corrected chi connectivity index (χ0v) is 23.5. The van der Waals surface area contributed by atoms with Crippen LogP contribution < -0.4 is 20.1 Å². The number of benzene rings is 3. The average molecular weight is 539 g/mol. The molecule has 206 valence electrons. The van der Waals surface area contributed by atoms with Gasteiger partial charge in [0.15, 0.2) is 5.76 Å². The van der Waals surface area contributed by atoms with E-state index in [-0.39, 0.29) is 17.6 Å². The molecule has 0 spiro atoms. The number of allylic oxidation sites excluding steroid dienone is 1. The van der Waals surface area contributed by atoms with Gasteiger partial charge in [-0.05, 0) is 94.5 Å². The summed E-state index contributed by atoms with van der Waals surface area (Å²) in [5, 5.41) is 6.65. The SMILES string of the molecule is CCn1c(C)c(C=C2Oc3ccc(NC(=O)Nc4ccc(CCN(C)C)cc4)cc3C2=O)c2cc(OC)ccc21. The van der Waals surface area contributed by atoms with Crippen LogP contribution >= 0.6 is 0 Å². The van der Waals surface area contributed by atoms with Gasteiger partial charge in [0.05, 0.1) is 12.7 Å². The molecule has 3 aromatic carbocycles. The van der Waals surface area contributed by atoms with E-state index >= 15 is 0 Å². The maximum absolute atomic E-state index is 13.3. The van der Waals surface area contributed by atoms with E-state index in [0.29, 0.717) is 22.7 Å². The van der Waals surface area contributed by atoms with Gasteiger partial charge in [0.2, 0.25) is 5.78 Å². The van der Waals surface area contributed by atoms with E-state index in [2.05, 4.69) is 27.0 Å². The minimum Gasteiger partial charge on any atom is -0.497 e. The molecule has 40 heavy (non-hydrogen) atoms. The molecule has 0 fully saturated rings. The molecule has 8 nitrogen and oxygen atoms in total. The number of carbonyl (C=O) groups is 2. The highest BCUT2D eigenvalue weighted by Crippen LogP contribution is 2.36. The summed E-state index contributed by atoms with van der Waals surface area (Å²) in [5.41, 5.74) is 5.82. The van der Waals surface area contributed by atoms with Crippen molar-refractivity contribution in [2.75, 3.05) is 38.4 Å². The Balaban J connectivity index is 1.32. The van der Waals surface area contributed by atoms with Gasteiger partial charge in [-0.2, -0.15) is 0 Å². The van der Waals surface area contributed by atoms with Crippen LogP contribution in [0, 0.1) is 6.92 Å². The summed E-state index contributed by atoms with van der Waals surface area (Å²) >= 11 is 0. The van der Waals surface area contributed by atoms with E-state index in [4.69, 9.17) is 9.47 Å². The number of ketones is 1. The highest BCUT2D eigenvalue weighted by molar-refractivity contribution is 6.16. The van der Waals surface area contributed by atoms with E-state index in [0.717, 1.165) is 47.4 Å². The summed E-state index contributed by atoms with van der Waals surface area (Å²) in [7, 11) is 5.72. The van der Waals surface area contributed by atoms with E-state index in [1.165, 1.54) is 5.56 Å². The fourth-order valence-electron chi connectivity index (χ4n) is 5.00. The molecule has 0 saturated heterocycles. The molecule has 0 atom stereocenters. The van der Waals surface area contributed by atoms with Crippen molar-refractivity contribution in [2.45, 2.75) is 26.8 Å². The molecule has 2 N–H and O–H groups in total. The van der Waals surface area contributed by atoms with E-state index < -0.39 is 0 Å². The first-order valence-corrected chi connectivity index (χ1v) is 13.3. The molecule has 0 bridgehead atoms. The lowest BCUT2D eigenvalue weighted by molar-refractivity contribution is 0.101. The van der Waals surface area contributed by atoms with Crippen LogP contribution in [0.25, 0.3) is 17.0 Å². The number of likely N-dealkylation sites (N-methyl/N-ethyl adjacent to an activating group) is 1. The second-order valence-corrected chi connectivity index (χ2v) is 10.1. The predicted octanol–water partition coefficient (Wildman–Crippen LogP) is 6.34. The summed E-state index contributed by atoms with van der Waals surface area (Å²) in [4.78, 5) is 28.1. The van der Waals surface area contributed by atoms with Crippen molar-refractivity contribution in [3.63, 3.8) is 0 Å². The minimum absolute atomic E-state index is 0.230. The van der Waals surface area contributed by atoms with Gasteiger partial charge in [0.25, 0.3) is 0 Å². The lowest BCUT2D eigenvalue weighted by Gasteiger charge is -2.11. The van der Waals surface area contributed by atoms with Crippen LogP contribution in [-0.4, -0.2) is 49.0 Å². The molecule has 2 heterocycles. The van der Waals surface area contributed by atoms with E-state index in [1.54, 1.807) is 31.4 Å². The normalized spacial score (nSPS) is 13.6. The van der Waals surface area contributed by atoms with Gasteiger partial charge in [-0.3, -0.25) is 4.79 Å². The molecule has 0 unspecified atom stereocenters. The Bertz CT molecular complexity index is 1620. The number of rotatable bonds is 8. The summed E-state index contributed by atoms with van der Waals surface area (Å²) in [6.07, 6.45) is 2.74. The van der Waals surface area contributed by atoms with Crippen molar-refractivity contribution in [1.82, 2.24) is 9.47 Å².